The molecule has 0 N–H and O–H groups in total. The van der Waals surface area contributed by atoms with Crippen molar-refractivity contribution in [3.05, 3.63) is 70.7 Å². The van der Waals surface area contributed by atoms with E-state index in [2.05, 4.69) is 12.1 Å². The Bertz CT molecular complexity index is 632. The van der Waals surface area contributed by atoms with Gasteiger partial charge in [0.2, 0.25) is 5.91 Å². The van der Waals surface area contributed by atoms with Gasteiger partial charge in [-0.25, -0.2) is 0 Å². The van der Waals surface area contributed by atoms with Crippen LogP contribution in [0, 0.1) is 0 Å². The quantitative estimate of drug-likeness (QED) is 0.844. The fraction of sp³-hybridized carbons (Fsp3) is 0.235. The van der Waals surface area contributed by atoms with Crippen molar-refractivity contribution in [3.8, 4) is 0 Å². The summed E-state index contributed by atoms with van der Waals surface area (Å²) in [5.41, 5.74) is 2.36. The first kappa shape index (κ1) is 14.5. The molecule has 1 fully saturated rings. The van der Waals surface area contributed by atoms with E-state index in [0.29, 0.717) is 5.75 Å². The van der Waals surface area contributed by atoms with Crippen LogP contribution >= 0.6 is 23.4 Å². The molecule has 2 aromatic rings. The first-order valence-electron chi connectivity index (χ1n) is 6.94. The molecule has 0 bridgehead atoms. The van der Waals surface area contributed by atoms with E-state index in [1.165, 1.54) is 5.56 Å². The van der Waals surface area contributed by atoms with E-state index < -0.39 is 0 Å². The molecule has 4 heteroatoms. The smallest absolute Gasteiger partial charge is 0.233 e. The van der Waals surface area contributed by atoms with E-state index in [0.717, 1.165) is 23.6 Å². The van der Waals surface area contributed by atoms with Crippen molar-refractivity contribution >= 4 is 29.3 Å². The largest absolute Gasteiger partial charge is 0.325 e. The summed E-state index contributed by atoms with van der Waals surface area (Å²) in [6.07, 6.45) is 0.879. The number of hydrogen-bond donors (Lipinski definition) is 0. The van der Waals surface area contributed by atoms with Gasteiger partial charge in [0.1, 0.15) is 5.37 Å². The van der Waals surface area contributed by atoms with Crippen LogP contribution in [0.3, 0.4) is 0 Å². The summed E-state index contributed by atoms with van der Waals surface area (Å²) in [6, 6.07) is 18.1. The minimum atomic E-state index is 0.0833. The SMILES string of the molecule is O=C1CSC(c2cccc(Cl)c2)N1CCc1ccccc1. The predicted octanol–water partition coefficient (Wildman–Crippen LogP) is 4.16. The normalized spacial score (nSPS) is 18.2. The van der Waals surface area contributed by atoms with Gasteiger partial charge in [-0.2, -0.15) is 0 Å². The number of nitrogens with zero attached hydrogens (tertiary/aromatic N) is 1. The maximum Gasteiger partial charge on any atom is 0.233 e. The summed E-state index contributed by atoms with van der Waals surface area (Å²) in [7, 11) is 0. The number of carbonyl (C=O) groups is 1. The van der Waals surface area contributed by atoms with Gasteiger partial charge in [0.15, 0.2) is 0 Å². The van der Waals surface area contributed by atoms with Crippen molar-refractivity contribution in [1.29, 1.82) is 0 Å². The number of amides is 1. The Balaban J connectivity index is 1.74. The van der Waals surface area contributed by atoms with Crippen LogP contribution in [-0.2, 0) is 11.2 Å². The molecular formula is C17H16ClNOS. The molecule has 1 heterocycles. The van der Waals surface area contributed by atoms with Crippen molar-refractivity contribution in [2.75, 3.05) is 12.3 Å². The molecule has 1 saturated heterocycles. The van der Waals surface area contributed by atoms with E-state index in [1.54, 1.807) is 11.8 Å². The maximum atomic E-state index is 12.1. The molecule has 1 amide bonds. The highest BCUT2D eigenvalue weighted by molar-refractivity contribution is 8.00. The number of carbonyl (C=O) groups excluding carboxylic acids is 1. The monoisotopic (exact) mass is 317 g/mol. The number of halogens is 1. The van der Waals surface area contributed by atoms with Gasteiger partial charge in [0.25, 0.3) is 0 Å². The third-order valence-electron chi connectivity index (χ3n) is 3.59. The highest BCUT2D eigenvalue weighted by atomic mass is 35.5. The van der Waals surface area contributed by atoms with Crippen LogP contribution in [0.15, 0.2) is 54.6 Å². The van der Waals surface area contributed by atoms with Crippen LogP contribution in [0.4, 0.5) is 0 Å². The van der Waals surface area contributed by atoms with Crippen molar-refractivity contribution in [3.63, 3.8) is 0 Å². The van der Waals surface area contributed by atoms with Gasteiger partial charge in [-0.05, 0) is 29.7 Å². The summed E-state index contributed by atoms with van der Waals surface area (Å²) < 4.78 is 0. The summed E-state index contributed by atoms with van der Waals surface area (Å²) in [6.45, 7) is 0.743. The van der Waals surface area contributed by atoms with E-state index in [9.17, 15) is 4.79 Å². The molecule has 0 aliphatic carbocycles. The lowest BCUT2D eigenvalue weighted by molar-refractivity contribution is -0.128. The van der Waals surface area contributed by atoms with Crippen molar-refractivity contribution in [1.82, 2.24) is 4.90 Å². The second-order valence-electron chi connectivity index (χ2n) is 5.04. The van der Waals surface area contributed by atoms with Crippen LogP contribution in [0.5, 0.6) is 0 Å². The first-order valence-corrected chi connectivity index (χ1v) is 8.37. The molecule has 21 heavy (non-hydrogen) atoms. The first-order chi connectivity index (χ1) is 10.2. The number of rotatable bonds is 4. The molecule has 1 atom stereocenters. The highest BCUT2D eigenvalue weighted by Crippen LogP contribution is 2.39. The molecule has 1 unspecified atom stereocenters. The summed E-state index contributed by atoms with van der Waals surface area (Å²) >= 11 is 7.74. The van der Waals surface area contributed by atoms with E-state index in [4.69, 9.17) is 11.6 Å². The molecule has 0 radical (unpaired) electrons. The molecule has 1 aliphatic rings. The van der Waals surface area contributed by atoms with Crippen molar-refractivity contribution in [2.24, 2.45) is 0 Å². The number of thioether (sulfide) groups is 1. The summed E-state index contributed by atoms with van der Waals surface area (Å²) in [4.78, 5) is 14.1. The van der Waals surface area contributed by atoms with Crippen molar-refractivity contribution < 1.29 is 4.79 Å². The Labute approximate surface area is 134 Å². The van der Waals surface area contributed by atoms with E-state index in [1.807, 2.05) is 47.4 Å². The fourth-order valence-electron chi connectivity index (χ4n) is 2.53. The van der Waals surface area contributed by atoms with Gasteiger partial charge in [-0.15, -0.1) is 11.8 Å². The number of benzene rings is 2. The second-order valence-corrected chi connectivity index (χ2v) is 6.55. The topological polar surface area (TPSA) is 20.3 Å². The molecule has 0 spiro atoms. The molecule has 0 aromatic heterocycles. The Hall–Kier alpha value is -1.45. The fourth-order valence-corrected chi connectivity index (χ4v) is 3.93. The standard InChI is InChI=1S/C17H16ClNOS/c18-15-8-4-7-14(11-15)17-19(16(20)12-21-17)10-9-13-5-2-1-3-6-13/h1-8,11,17H,9-10,12H2. The Kier molecular flexibility index (Phi) is 4.51. The lowest BCUT2D eigenvalue weighted by Gasteiger charge is -2.24. The average molecular weight is 318 g/mol. The predicted molar refractivity (Wildman–Crippen MR) is 88.5 cm³/mol. The second kappa shape index (κ2) is 6.54. The Morgan fingerprint density at radius 2 is 1.95 bits per heavy atom. The molecule has 2 nitrogen and oxygen atoms in total. The van der Waals surface area contributed by atoms with Crippen LogP contribution in [0.25, 0.3) is 0 Å². The zero-order chi connectivity index (χ0) is 14.7. The number of hydrogen-bond acceptors (Lipinski definition) is 2. The van der Waals surface area contributed by atoms with E-state index in [-0.39, 0.29) is 11.3 Å². The van der Waals surface area contributed by atoms with Gasteiger partial charge >= 0.3 is 0 Å². The van der Waals surface area contributed by atoms with E-state index >= 15 is 0 Å². The molecular weight excluding hydrogens is 302 g/mol. The van der Waals surface area contributed by atoms with Crippen LogP contribution in [0.2, 0.25) is 5.02 Å². The molecule has 1 aliphatic heterocycles. The zero-order valence-electron chi connectivity index (χ0n) is 11.5. The van der Waals surface area contributed by atoms with Crippen LogP contribution in [-0.4, -0.2) is 23.1 Å². The molecule has 3 rings (SSSR count). The maximum absolute atomic E-state index is 12.1. The summed E-state index contributed by atoms with van der Waals surface area (Å²) in [5, 5.41) is 0.801. The van der Waals surface area contributed by atoms with Crippen LogP contribution in [0.1, 0.15) is 16.5 Å². The van der Waals surface area contributed by atoms with Gasteiger partial charge in [0.05, 0.1) is 5.75 Å². The van der Waals surface area contributed by atoms with Crippen molar-refractivity contribution in [2.45, 2.75) is 11.8 Å². The molecule has 0 saturated carbocycles. The Morgan fingerprint density at radius 3 is 2.71 bits per heavy atom. The van der Waals surface area contributed by atoms with Gasteiger partial charge in [0, 0.05) is 11.6 Å². The summed E-state index contributed by atoms with van der Waals surface area (Å²) in [5.74, 6) is 0.757. The van der Waals surface area contributed by atoms with Gasteiger partial charge in [-0.3, -0.25) is 4.79 Å². The Morgan fingerprint density at radius 1 is 1.14 bits per heavy atom. The highest BCUT2D eigenvalue weighted by Gasteiger charge is 2.32. The third-order valence-corrected chi connectivity index (χ3v) is 5.08. The van der Waals surface area contributed by atoms with Crippen LogP contribution < -0.4 is 0 Å². The third kappa shape index (κ3) is 3.42. The minimum absolute atomic E-state index is 0.0833. The lowest BCUT2D eigenvalue weighted by atomic mass is 10.1. The molecule has 108 valence electrons. The lowest BCUT2D eigenvalue weighted by Crippen LogP contribution is -2.30. The van der Waals surface area contributed by atoms with Gasteiger partial charge in [-0.1, -0.05) is 54.1 Å². The molecule has 2 aromatic carbocycles. The van der Waals surface area contributed by atoms with Gasteiger partial charge < -0.3 is 4.90 Å². The minimum Gasteiger partial charge on any atom is -0.325 e. The average Bonchev–Trinajstić information content (AvgIpc) is 2.87. The zero-order valence-corrected chi connectivity index (χ0v) is 13.1.